The Kier molecular flexibility index (Phi) is 7.50. The van der Waals surface area contributed by atoms with Crippen LogP contribution in [0, 0.1) is 0 Å². The molecule has 2 N–H and O–H groups in total. The lowest BCUT2D eigenvalue weighted by molar-refractivity contribution is 0.213. The summed E-state index contributed by atoms with van der Waals surface area (Å²) in [6, 6.07) is 12.2. The summed E-state index contributed by atoms with van der Waals surface area (Å²) >= 11 is 0. The smallest absolute Gasteiger partial charge is 0.330 e. The maximum atomic E-state index is 13.3. The molecule has 0 radical (unpaired) electrons. The number of urea groups is 1. The van der Waals surface area contributed by atoms with Gasteiger partial charge in [0.1, 0.15) is 5.75 Å². The second-order valence-corrected chi connectivity index (χ2v) is 11.3. The van der Waals surface area contributed by atoms with Crippen LogP contribution in [0.5, 0.6) is 5.75 Å². The van der Waals surface area contributed by atoms with Crippen LogP contribution in [0.4, 0.5) is 39.3 Å². The Morgan fingerprint density at radius 2 is 1.82 bits per heavy atom. The van der Waals surface area contributed by atoms with Crippen LogP contribution in [0.3, 0.4) is 0 Å². The number of nitrogens with one attached hydrogen (secondary N) is 2. The Balaban J connectivity index is 1.45. The fourth-order valence-electron chi connectivity index (χ4n) is 4.66. The molecule has 210 valence electrons. The maximum absolute atomic E-state index is 13.3. The molecule has 0 spiro atoms. The first-order valence-electron chi connectivity index (χ1n) is 12.7. The average Bonchev–Trinajstić information content (AvgIpc) is 2.94. The third-order valence-corrected chi connectivity index (χ3v) is 7.82. The molecule has 13 heteroatoms. The molecule has 2 amide bonds. The summed E-state index contributed by atoms with van der Waals surface area (Å²) in [5, 5.41) is 4.06. The number of likely N-dealkylation sites (N-methyl/N-ethyl adjacent to an activating group) is 1. The van der Waals surface area contributed by atoms with Gasteiger partial charge in [0.15, 0.2) is 5.82 Å². The van der Waals surface area contributed by atoms with Crippen LogP contribution in [0.15, 0.2) is 60.6 Å². The van der Waals surface area contributed by atoms with Gasteiger partial charge in [-0.05, 0) is 37.4 Å². The lowest BCUT2D eigenvalue weighted by Crippen LogP contribution is -2.44. The van der Waals surface area contributed by atoms with Gasteiger partial charge >= 0.3 is 6.03 Å². The number of anilines is 6. The second kappa shape index (κ2) is 11.0. The molecule has 0 unspecified atom stereocenters. The van der Waals surface area contributed by atoms with Crippen molar-refractivity contribution in [3.63, 3.8) is 0 Å². The molecule has 0 saturated carbocycles. The van der Waals surface area contributed by atoms with Gasteiger partial charge in [-0.3, -0.25) is 4.72 Å². The minimum absolute atomic E-state index is 0.287. The van der Waals surface area contributed by atoms with E-state index >= 15 is 0 Å². The van der Waals surface area contributed by atoms with Crippen molar-refractivity contribution in [2.24, 2.45) is 0 Å². The number of carbonyl (C=O) groups is 1. The van der Waals surface area contributed by atoms with E-state index in [9.17, 15) is 13.2 Å². The van der Waals surface area contributed by atoms with E-state index in [-0.39, 0.29) is 17.7 Å². The van der Waals surface area contributed by atoms with Crippen LogP contribution in [0.2, 0.25) is 0 Å². The molecule has 5 rings (SSSR count). The summed E-state index contributed by atoms with van der Waals surface area (Å²) in [5.74, 6) is 1.33. The zero-order valence-corrected chi connectivity index (χ0v) is 23.5. The van der Waals surface area contributed by atoms with Gasteiger partial charge in [-0.25, -0.2) is 23.1 Å². The van der Waals surface area contributed by atoms with Gasteiger partial charge in [-0.2, -0.15) is 4.98 Å². The van der Waals surface area contributed by atoms with E-state index in [1.165, 1.54) is 4.90 Å². The highest BCUT2D eigenvalue weighted by molar-refractivity contribution is 7.95. The van der Waals surface area contributed by atoms with Crippen molar-refractivity contribution in [1.29, 1.82) is 0 Å². The Hall–Kier alpha value is -4.36. The predicted molar refractivity (Wildman–Crippen MR) is 156 cm³/mol. The molecule has 40 heavy (non-hydrogen) atoms. The van der Waals surface area contributed by atoms with E-state index in [2.05, 4.69) is 38.4 Å². The molecule has 1 saturated heterocycles. The van der Waals surface area contributed by atoms with Crippen LogP contribution in [-0.4, -0.2) is 81.6 Å². The fourth-order valence-corrected chi connectivity index (χ4v) is 5.20. The van der Waals surface area contributed by atoms with Crippen molar-refractivity contribution in [2.45, 2.75) is 6.54 Å². The molecule has 2 aromatic carbocycles. The van der Waals surface area contributed by atoms with Gasteiger partial charge < -0.3 is 24.8 Å². The SMILES string of the molecule is C=CS(=O)(=O)Nc1cccc(N2C(=O)N(C)Cc3cnc(Nc4ccc(N5CCN(C)CC5)cc4OC)nc32)c1. The first-order chi connectivity index (χ1) is 19.2. The van der Waals surface area contributed by atoms with Crippen LogP contribution < -0.4 is 24.6 Å². The molecular formula is C27H32N8O4S. The number of ether oxygens (including phenoxy) is 1. The highest BCUT2D eigenvalue weighted by atomic mass is 32.2. The minimum atomic E-state index is -3.72. The molecule has 0 atom stereocenters. The molecule has 0 aliphatic carbocycles. The zero-order valence-electron chi connectivity index (χ0n) is 22.7. The quantitative estimate of drug-likeness (QED) is 0.423. The van der Waals surface area contributed by atoms with E-state index in [0.717, 1.165) is 42.8 Å². The maximum Gasteiger partial charge on any atom is 0.330 e. The molecule has 2 aliphatic rings. The fraction of sp³-hybridized carbons (Fsp3) is 0.296. The molecule has 1 fully saturated rings. The Morgan fingerprint density at radius 3 is 2.55 bits per heavy atom. The minimum Gasteiger partial charge on any atom is -0.494 e. The number of methoxy groups -OCH3 is 1. The van der Waals surface area contributed by atoms with Crippen LogP contribution in [-0.2, 0) is 16.6 Å². The zero-order chi connectivity index (χ0) is 28.4. The van der Waals surface area contributed by atoms with Gasteiger partial charge in [-0.15, -0.1) is 0 Å². The van der Waals surface area contributed by atoms with E-state index in [0.29, 0.717) is 29.5 Å². The lowest BCUT2D eigenvalue weighted by Gasteiger charge is -2.34. The van der Waals surface area contributed by atoms with Crippen molar-refractivity contribution in [2.75, 3.05) is 67.2 Å². The summed E-state index contributed by atoms with van der Waals surface area (Å²) in [4.78, 5) is 30.1. The number of aromatic nitrogens is 2. The van der Waals surface area contributed by atoms with Crippen molar-refractivity contribution in [1.82, 2.24) is 19.8 Å². The molecule has 12 nitrogen and oxygen atoms in total. The van der Waals surface area contributed by atoms with Crippen molar-refractivity contribution in [3.05, 3.63) is 66.2 Å². The number of nitrogens with zero attached hydrogens (tertiary/aromatic N) is 6. The number of rotatable bonds is 8. The van der Waals surface area contributed by atoms with E-state index in [1.54, 1.807) is 49.5 Å². The van der Waals surface area contributed by atoms with Crippen LogP contribution >= 0.6 is 0 Å². The van der Waals surface area contributed by atoms with E-state index in [1.807, 2.05) is 18.2 Å². The summed E-state index contributed by atoms with van der Waals surface area (Å²) in [5.41, 5.74) is 3.24. The Morgan fingerprint density at radius 1 is 1.05 bits per heavy atom. The number of amides is 2. The third kappa shape index (κ3) is 5.65. The van der Waals surface area contributed by atoms with Crippen molar-refractivity contribution in [3.8, 4) is 5.75 Å². The van der Waals surface area contributed by atoms with Crippen LogP contribution in [0.1, 0.15) is 5.56 Å². The standard InChI is InChI=1S/C27H32N8O4S/c1-5-40(37,38)31-20-7-6-8-22(15-20)35-25-19(18-33(3)27(35)36)17-28-26(30-25)29-23-10-9-21(16-24(23)39-4)34-13-11-32(2)12-14-34/h5-10,15-17,31H,1,11-14,18H2,2-4H3,(H,28,29,30). The first-order valence-corrected chi connectivity index (χ1v) is 14.3. The van der Waals surface area contributed by atoms with Gasteiger partial charge in [0.05, 0.1) is 30.7 Å². The second-order valence-electron chi connectivity index (χ2n) is 9.68. The number of hydrogen-bond acceptors (Lipinski definition) is 9. The largest absolute Gasteiger partial charge is 0.494 e. The van der Waals surface area contributed by atoms with Gasteiger partial charge in [-0.1, -0.05) is 12.6 Å². The summed E-state index contributed by atoms with van der Waals surface area (Å²) < 4.78 is 32.1. The molecule has 0 bridgehead atoms. The number of carbonyl (C=O) groups excluding carboxylic acids is 1. The molecular weight excluding hydrogens is 532 g/mol. The highest BCUT2D eigenvalue weighted by Gasteiger charge is 2.32. The lowest BCUT2D eigenvalue weighted by atomic mass is 10.2. The van der Waals surface area contributed by atoms with Crippen molar-refractivity contribution < 1.29 is 17.9 Å². The Labute approximate surface area is 233 Å². The van der Waals surface area contributed by atoms with E-state index in [4.69, 9.17) is 9.72 Å². The summed E-state index contributed by atoms with van der Waals surface area (Å²) in [7, 11) is 1.70. The number of sulfonamides is 1. The number of benzene rings is 2. The normalized spacial score (nSPS) is 16.0. The van der Waals surface area contributed by atoms with Crippen molar-refractivity contribution >= 4 is 50.6 Å². The number of piperazine rings is 1. The van der Waals surface area contributed by atoms with Gasteiger partial charge in [0, 0.05) is 62.1 Å². The topological polar surface area (TPSA) is 123 Å². The molecule has 3 aromatic rings. The van der Waals surface area contributed by atoms with Gasteiger partial charge in [0.2, 0.25) is 5.95 Å². The molecule has 1 aromatic heterocycles. The number of hydrogen-bond donors (Lipinski definition) is 2. The molecule has 2 aliphatic heterocycles. The Bertz CT molecular complexity index is 1540. The first kappa shape index (κ1) is 27.2. The number of fused-ring (bicyclic) bond motifs is 1. The highest BCUT2D eigenvalue weighted by Crippen LogP contribution is 2.36. The van der Waals surface area contributed by atoms with Gasteiger partial charge in [0.25, 0.3) is 10.0 Å². The monoisotopic (exact) mass is 564 g/mol. The summed E-state index contributed by atoms with van der Waals surface area (Å²) in [6.45, 7) is 7.53. The molecule has 3 heterocycles. The average molecular weight is 565 g/mol. The predicted octanol–water partition coefficient (Wildman–Crippen LogP) is 3.57. The van der Waals surface area contributed by atoms with E-state index < -0.39 is 10.0 Å². The van der Waals surface area contributed by atoms with Crippen LogP contribution in [0.25, 0.3) is 0 Å². The summed E-state index contributed by atoms with van der Waals surface area (Å²) in [6.07, 6.45) is 1.68. The third-order valence-electron chi connectivity index (χ3n) is 6.86.